The molecule has 0 aromatic heterocycles. The predicted molar refractivity (Wildman–Crippen MR) is 159 cm³/mol. The van der Waals surface area contributed by atoms with Gasteiger partial charge in [0.25, 0.3) is 0 Å². The van der Waals surface area contributed by atoms with E-state index in [1.807, 2.05) is 0 Å². The van der Waals surface area contributed by atoms with Crippen LogP contribution in [0.5, 0.6) is 0 Å². The zero-order valence-electron chi connectivity index (χ0n) is 21.9. The smallest absolute Gasteiger partial charge is 0.0159 e. The monoisotopic (exact) mass is 474 g/mol. The van der Waals surface area contributed by atoms with E-state index >= 15 is 0 Å². The van der Waals surface area contributed by atoms with E-state index in [0.717, 1.165) is 0 Å². The molecule has 37 heavy (non-hydrogen) atoms. The molecule has 0 spiro atoms. The Hall–Kier alpha value is -4.16. The Morgan fingerprint density at radius 2 is 1.03 bits per heavy atom. The van der Waals surface area contributed by atoms with Crippen molar-refractivity contribution in [3.8, 4) is 33.4 Å². The van der Waals surface area contributed by atoms with Gasteiger partial charge in [-0.2, -0.15) is 0 Å². The molecule has 0 radical (unpaired) electrons. The van der Waals surface area contributed by atoms with Gasteiger partial charge in [-0.3, -0.25) is 0 Å². The average molecular weight is 475 g/mol. The third kappa shape index (κ3) is 3.15. The van der Waals surface area contributed by atoms with E-state index in [4.69, 9.17) is 0 Å². The predicted octanol–water partition coefficient (Wildman–Crippen LogP) is 10.3. The van der Waals surface area contributed by atoms with E-state index in [1.54, 1.807) is 0 Å². The molecule has 0 heterocycles. The molecule has 0 fully saturated rings. The Morgan fingerprint density at radius 3 is 1.81 bits per heavy atom. The number of aryl methyl sites for hydroxylation is 2. The SMILES string of the molecule is Cc1ccc(-c2c3ccccc3c(-c3cccc4c3-c3ccccc3C4(C)C)c3cc(C)ccc23)cc1. The molecule has 0 atom stereocenters. The van der Waals surface area contributed by atoms with Crippen LogP contribution >= 0.6 is 0 Å². The maximum absolute atomic E-state index is 2.39. The second-order valence-electron chi connectivity index (χ2n) is 11.1. The summed E-state index contributed by atoms with van der Waals surface area (Å²) < 4.78 is 0. The summed E-state index contributed by atoms with van der Waals surface area (Å²) in [6.45, 7) is 9.09. The van der Waals surface area contributed by atoms with Crippen molar-refractivity contribution in [1.29, 1.82) is 0 Å². The van der Waals surface area contributed by atoms with Gasteiger partial charge in [-0.1, -0.05) is 134 Å². The van der Waals surface area contributed by atoms with Crippen molar-refractivity contribution in [2.24, 2.45) is 0 Å². The van der Waals surface area contributed by atoms with Gasteiger partial charge in [0.2, 0.25) is 0 Å². The molecule has 1 aliphatic carbocycles. The molecule has 0 amide bonds. The summed E-state index contributed by atoms with van der Waals surface area (Å²) in [6.07, 6.45) is 0. The molecule has 0 N–H and O–H groups in total. The molecule has 0 aliphatic heterocycles. The lowest BCUT2D eigenvalue weighted by Crippen LogP contribution is -2.14. The lowest BCUT2D eigenvalue weighted by molar-refractivity contribution is 0.660. The number of benzene rings is 6. The van der Waals surface area contributed by atoms with Gasteiger partial charge in [0.15, 0.2) is 0 Å². The van der Waals surface area contributed by atoms with Crippen molar-refractivity contribution in [1.82, 2.24) is 0 Å². The maximum atomic E-state index is 2.39. The molecule has 0 saturated heterocycles. The molecule has 0 unspecified atom stereocenters. The minimum atomic E-state index is -0.0225. The van der Waals surface area contributed by atoms with Crippen molar-refractivity contribution in [3.05, 3.63) is 131 Å². The Bertz CT molecular complexity index is 1850. The Labute approximate surface area is 219 Å². The van der Waals surface area contributed by atoms with E-state index in [9.17, 15) is 0 Å². The minimum Gasteiger partial charge on any atom is -0.0619 e. The number of fused-ring (bicyclic) bond motifs is 5. The number of hydrogen-bond acceptors (Lipinski definition) is 0. The summed E-state index contributed by atoms with van der Waals surface area (Å²) in [5.41, 5.74) is 13.4. The van der Waals surface area contributed by atoms with Crippen LogP contribution in [0.15, 0.2) is 109 Å². The second kappa shape index (κ2) is 7.92. The molecule has 7 rings (SSSR count). The van der Waals surface area contributed by atoms with Gasteiger partial charge in [-0.15, -0.1) is 0 Å². The molecule has 0 nitrogen and oxygen atoms in total. The Kier molecular flexibility index (Phi) is 4.72. The topological polar surface area (TPSA) is 0 Å². The Balaban J connectivity index is 1.67. The van der Waals surface area contributed by atoms with Crippen LogP contribution in [-0.4, -0.2) is 0 Å². The van der Waals surface area contributed by atoms with E-state index in [0.29, 0.717) is 0 Å². The van der Waals surface area contributed by atoms with Crippen molar-refractivity contribution in [3.63, 3.8) is 0 Å². The second-order valence-corrected chi connectivity index (χ2v) is 11.1. The highest BCUT2D eigenvalue weighted by Crippen LogP contribution is 2.54. The molecule has 1 aliphatic rings. The van der Waals surface area contributed by atoms with Crippen LogP contribution in [-0.2, 0) is 5.41 Å². The summed E-state index contributed by atoms with van der Waals surface area (Å²) in [7, 11) is 0. The van der Waals surface area contributed by atoms with Crippen LogP contribution in [0, 0.1) is 13.8 Å². The van der Waals surface area contributed by atoms with Crippen molar-refractivity contribution in [2.75, 3.05) is 0 Å². The third-order valence-corrected chi connectivity index (χ3v) is 8.40. The summed E-state index contributed by atoms with van der Waals surface area (Å²) in [5, 5.41) is 5.25. The van der Waals surface area contributed by atoms with Gasteiger partial charge in [-0.05, 0) is 79.9 Å². The zero-order valence-corrected chi connectivity index (χ0v) is 21.9. The van der Waals surface area contributed by atoms with E-state index in [2.05, 4.69) is 137 Å². The number of rotatable bonds is 2. The standard InChI is InChI=1S/C37H30/c1-23-16-19-25(20-17-23)34-26-10-5-6-11-27(26)35(31-22-24(2)18-21-28(31)34)30-13-9-15-33-36(30)29-12-7-8-14-32(29)37(33,3)4/h5-22H,1-4H3. The molecule has 0 saturated carbocycles. The van der Waals surface area contributed by atoms with Gasteiger partial charge >= 0.3 is 0 Å². The fourth-order valence-corrected chi connectivity index (χ4v) is 6.58. The van der Waals surface area contributed by atoms with Gasteiger partial charge in [0.05, 0.1) is 0 Å². The quantitative estimate of drug-likeness (QED) is 0.219. The van der Waals surface area contributed by atoms with Crippen LogP contribution in [0.25, 0.3) is 54.9 Å². The van der Waals surface area contributed by atoms with Crippen LogP contribution in [0.1, 0.15) is 36.1 Å². The van der Waals surface area contributed by atoms with E-state index < -0.39 is 0 Å². The fourth-order valence-electron chi connectivity index (χ4n) is 6.58. The van der Waals surface area contributed by atoms with E-state index in [-0.39, 0.29) is 5.41 Å². The van der Waals surface area contributed by atoms with E-state index in [1.165, 1.54) is 77.2 Å². The molecular weight excluding hydrogens is 444 g/mol. The summed E-state index contributed by atoms with van der Waals surface area (Å²) in [6, 6.07) is 40.8. The normalized spacial score (nSPS) is 13.6. The largest absolute Gasteiger partial charge is 0.0619 e. The van der Waals surface area contributed by atoms with Crippen LogP contribution in [0.2, 0.25) is 0 Å². The minimum absolute atomic E-state index is 0.0225. The number of hydrogen-bond donors (Lipinski definition) is 0. The highest BCUT2D eigenvalue weighted by Gasteiger charge is 2.37. The molecule has 6 aromatic carbocycles. The van der Waals surface area contributed by atoms with Gasteiger partial charge in [-0.25, -0.2) is 0 Å². The van der Waals surface area contributed by atoms with Crippen molar-refractivity contribution < 1.29 is 0 Å². The summed E-state index contributed by atoms with van der Waals surface area (Å²) in [4.78, 5) is 0. The first-order valence-electron chi connectivity index (χ1n) is 13.2. The van der Waals surface area contributed by atoms with Gasteiger partial charge < -0.3 is 0 Å². The summed E-state index contributed by atoms with van der Waals surface area (Å²) in [5.74, 6) is 0. The van der Waals surface area contributed by atoms with Crippen LogP contribution in [0.4, 0.5) is 0 Å². The van der Waals surface area contributed by atoms with Crippen molar-refractivity contribution in [2.45, 2.75) is 33.1 Å². The van der Waals surface area contributed by atoms with Gasteiger partial charge in [0.1, 0.15) is 0 Å². The lowest BCUT2D eigenvalue weighted by atomic mass is 9.80. The molecule has 178 valence electrons. The first-order valence-corrected chi connectivity index (χ1v) is 13.2. The average Bonchev–Trinajstić information content (AvgIpc) is 3.15. The van der Waals surface area contributed by atoms with Crippen LogP contribution < -0.4 is 0 Å². The molecule has 6 aromatic rings. The highest BCUT2D eigenvalue weighted by atomic mass is 14.4. The zero-order chi connectivity index (χ0) is 25.3. The molecular formula is C37H30. The maximum Gasteiger partial charge on any atom is 0.0159 e. The first kappa shape index (κ1) is 22.1. The molecule has 0 bridgehead atoms. The highest BCUT2D eigenvalue weighted by molar-refractivity contribution is 6.22. The third-order valence-electron chi connectivity index (χ3n) is 8.40. The Morgan fingerprint density at radius 1 is 0.432 bits per heavy atom. The van der Waals surface area contributed by atoms with Crippen molar-refractivity contribution >= 4 is 21.5 Å². The lowest BCUT2D eigenvalue weighted by Gasteiger charge is -2.22. The van der Waals surface area contributed by atoms with Gasteiger partial charge in [0, 0.05) is 5.41 Å². The van der Waals surface area contributed by atoms with Crippen LogP contribution in [0.3, 0.4) is 0 Å². The summed E-state index contributed by atoms with van der Waals surface area (Å²) >= 11 is 0. The fraction of sp³-hybridized carbons (Fsp3) is 0.135. The molecule has 0 heteroatoms. The first-order chi connectivity index (χ1) is 17.9.